The smallest absolute Gasteiger partial charge is 0.310 e. The van der Waals surface area contributed by atoms with Crippen LogP contribution < -0.4 is 0 Å². The lowest BCUT2D eigenvalue weighted by Crippen LogP contribution is -2.08. The van der Waals surface area contributed by atoms with Gasteiger partial charge in [0.25, 0.3) is 0 Å². The summed E-state index contributed by atoms with van der Waals surface area (Å²) in [7, 11) is 0. The lowest BCUT2D eigenvalue weighted by molar-refractivity contribution is -0.142. The molecule has 0 aliphatic rings. The molecule has 0 saturated carbocycles. The largest absolute Gasteiger partial charge is 0.466 e. The highest BCUT2D eigenvalue weighted by molar-refractivity contribution is 9.10. The van der Waals surface area contributed by atoms with Gasteiger partial charge in [-0.1, -0.05) is 52.3 Å². The van der Waals surface area contributed by atoms with Crippen LogP contribution in [-0.2, 0) is 16.0 Å². The van der Waals surface area contributed by atoms with Crippen molar-refractivity contribution < 1.29 is 9.53 Å². The molecule has 122 valence electrons. The van der Waals surface area contributed by atoms with Gasteiger partial charge in [0.15, 0.2) is 0 Å². The van der Waals surface area contributed by atoms with Crippen LogP contribution in [0, 0.1) is 0 Å². The maximum atomic E-state index is 11.8. The van der Waals surface area contributed by atoms with E-state index in [9.17, 15) is 4.79 Å². The summed E-state index contributed by atoms with van der Waals surface area (Å²) in [4.78, 5) is 16.6. The highest BCUT2D eigenvalue weighted by Crippen LogP contribution is 2.31. The van der Waals surface area contributed by atoms with Gasteiger partial charge in [-0.2, -0.15) is 0 Å². The molecule has 3 rings (SSSR count). The Hall–Kier alpha value is -1.98. The summed E-state index contributed by atoms with van der Waals surface area (Å²) in [5, 5.41) is 2.95. The standard InChI is InChI=1S/C19H16BrNO2S/c1-2-23-18(22)11-14-5-3-4-6-16(14)19-21-17(12-24-19)13-7-9-15(20)10-8-13/h3-10,12H,2,11H2,1H3. The minimum atomic E-state index is -0.213. The molecular weight excluding hydrogens is 386 g/mol. The van der Waals surface area contributed by atoms with E-state index in [0.29, 0.717) is 6.61 Å². The molecule has 3 nitrogen and oxygen atoms in total. The summed E-state index contributed by atoms with van der Waals surface area (Å²) < 4.78 is 6.11. The third-order valence-electron chi connectivity index (χ3n) is 3.53. The Morgan fingerprint density at radius 3 is 2.67 bits per heavy atom. The topological polar surface area (TPSA) is 39.2 Å². The number of hydrogen-bond donors (Lipinski definition) is 0. The minimum Gasteiger partial charge on any atom is -0.466 e. The Morgan fingerprint density at radius 2 is 1.92 bits per heavy atom. The van der Waals surface area contributed by atoms with Crippen molar-refractivity contribution >= 4 is 33.2 Å². The van der Waals surface area contributed by atoms with Crippen molar-refractivity contribution in [1.29, 1.82) is 0 Å². The number of thiazole rings is 1. The molecule has 0 unspecified atom stereocenters. The van der Waals surface area contributed by atoms with Crippen molar-refractivity contribution in [3.05, 3.63) is 63.9 Å². The maximum absolute atomic E-state index is 11.8. The van der Waals surface area contributed by atoms with Crippen LogP contribution >= 0.6 is 27.3 Å². The van der Waals surface area contributed by atoms with Gasteiger partial charge in [0.05, 0.1) is 18.7 Å². The molecule has 5 heteroatoms. The summed E-state index contributed by atoms with van der Waals surface area (Å²) in [5.41, 5.74) is 3.93. The van der Waals surface area contributed by atoms with Crippen LogP contribution in [0.25, 0.3) is 21.8 Å². The summed E-state index contributed by atoms with van der Waals surface area (Å²) in [6.07, 6.45) is 0.261. The molecular formula is C19H16BrNO2S. The van der Waals surface area contributed by atoms with Crippen molar-refractivity contribution in [3.8, 4) is 21.8 Å². The van der Waals surface area contributed by atoms with Crippen LogP contribution in [0.2, 0.25) is 0 Å². The SMILES string of the molecule is CCOC(=O)Cc1ccccc1-c1nc(-c2ccc(Br)cc2)cs1. The zero-order chi connectivity index (χ0) is 16.9. The van der Waals surface area contributed by atoms with Crippen molar-refractivity contribution in [2.75, 3.05) is 6.61 Å². The number of esters is 1. The zero-order valence-electron chi connectivity index (χ0n) is 13.2. The number of benzene rings is 2. The highest BCUT2D eigenvalue weighted by atomic mass is 79.9. The van der Waals surface area contributed by atoms with E-state index in [1.54, 1.807) is 11.3 Å². The Morgan fingerprint density at radius 1 is 1.17 bits per heavy atom. The number of carbonyl (C=O) groups excluding carboxylic acids is 1. The van der Waals surface area contributed by atoms with Gasteiger partial charge in [-0.15, -0.1) is 11.3 Å². The van der Waals surface area contributed by atoms with Crippen molar-refractivity contribution in [2.24, 2.45) is 0 Å². The summed E-state index contributed by atoms with van der Waals surface area (Å²) >= 11 is 5.02. The van der Waals surface area contributed by atoms with Crippen LogP contribution in [0.3, 0.4) is 0 Å². The fourth-order valence-corrected chi connectivity index (χ4v) is 3.55. The molecule has 0 spiro atoms. The fraction of sp³-hybridized carbons (Fsp3) is 0.158. The Kier molecular flexibility index (Phi) is 5.43. The molecule has 0 radical (unpaired) electrons. The second-order valence-electron chi connectivity index (χ2n) is 5.18. The first-order valence-corrected chi connectivity index (χ1v) is 9.30. The average Bonchev–Trinajstić information content (AvgIpc) is 3.06. The molecule has 0 amide bonds. The lowest BCUT2D eigenvalue weighted by Gasteiger charge is -2.06. The third-order valence-corrected chi connectivity index (χ3v) is 4.94. The van der Waals surface area contributed by atoms with Crippen molar-refractivity contribution in [3.63, 3.8) is 0 Å². The van der Waals surface area contributed by atoms with E-state index < -0.39 is 0 Å². The molecule has 0 bridgehead atoms. The Balaban J connectivity index is 1.90. The van der Waals surface area contributed by atoms with Gasteiger partial charge in [0, 0.05) is 21.0 Å². The number of hydrogen-bond acceptors (Lipinski definition) is 4. The minimum absolute atomic E-state index is 0.213. The van der Waals surface area contributed by atoms with Crippen LogP contribution in [0.1, 0.15) is 12.5 Å². The van der Waals surface area contributed by atoms with Gasteiger partial charge < -0.3 is 4.74 Å². The molecule has 0 saturated heterocycles. The molecule has 1 aromatic heterocycles. The Bertz CT molecular complexity index is 843. The van der Waals surface area contributed by atoms with E-state index in [2.05, 4.69) is 15.9 Å². The molecule has 3 aromatic rings. The number of halogens is 1. The van der Waals surface area contributed by atoms with Gasteiger partial charge in [0.2, 0.25) is 0 Å². The maximum Gasteiger partial charge on any atom is 0.310 e. The normalized spacial score (nSPS) is 10.6. The predicted molar refractivity (Wildman–Crippen MR) is 101 cm³/mol. The Labute approximate surface area is 153 Å². The second-order valence-corrected chi connectivity index (χ2v) is 6.96. The van der Waals surface area contributed by atoms with E-state index in [-0.39, 0.29) is 12.4 Å². The van der Waals surface area contributed by atoms with Crippen molar-refractivity contribution in [2.45, 2.75) is 13.3 Å². The van der Waals surface area contributed by atoms with Gasteiger partial charge in [-0.05, 0) is 24.6 Å². The molecule has 0 atom stereocenters. The summed E-state index contributed by atoms with van der Waals surface area (Å²) in [6.45, 7) is 2.21. The van der Waals surface area contributed by atoms with Gasteiger partial charge in [0.1, 0.15) is 5.01 Å². The summed E-state index contributed by atoms with van der Waals surface area (Å²) in [6, 6.07) is 15.9. The third kappa shape index (κ3) is 3.91. The number of ether oxygens (including phenoxy) is 1. The quantitative estimate of drug-likeness (QED) is 0.541. The lowest BCUT2D eigenvalue weighted by atomic mass is 10.1. The van der Waals surface area contributed by atoms with E-state index in [4.69, 9.17) is 9.72 Å². The molecule has 0 N–H and O–H groups in total. The first kappa shape index (κ1) is 16.9. The number of carbonyl (C=O) groups is 1. The van der Waals surface area contributed by atoms with E-state index in [0.717, 1.165) is 31.9 Å². The molecule has 0 aliphatic carbocycles. The average molecular weight is 402 g/mol. The van der Waals surface area contributed by atoms with Gasteiger partial charge in [-0.3, -0.25) is 4.79 Å². The first-order valence-electron chi connectivity index (χ1n) is 7.62. The monoisotopic (exact) mass is 401 g/mol. The molecule has 1 heterocycles. The van der Waals surface area contributed by atoms with Crippen LogP contribution in [0.5, 0.6) is 0 Å². The molecule has 2 aromatic carbocycles. The number of nitrogens with zero attached hydrogens (tertiary/aromatic N) is 1. The summed E-state index contributed by atoms with van der Waals surface area (Å²) in [5.74, 6) is -0.213. The van der Waals surface area contributed by atoms with E-state index >= 15 is 0 Å². The van der Waals surface area contributed by atoms with Gasteiger partial charge in [-0.25, -0.2) is 4.98 Å². The van der Waals surface area contributed by atoms with E-state index in [1.807, 2.05) is 60.8 Å². The molecule has 24 heavy (non-hydrogen) atoms. The molecule has 0 aliphatic heterocycles. The number of aromatic nitrogens is 1. The predicted octanol–water partition coefficient (Wildman–Crippen LogP) is 5.35. The van der Waals surface area contributed by atoms with E-state index in [1.165, 1.54) is 0 Å². The molecule has 0 fully saturated rings. The second kappa shape index (κ2) is 7.73. The van der Waals surface area contributed by atoms with Crippen LogP contribution in [0.15, 0.2) is 58.4 Å². The zero-order valence-corrected chi connectivity index (χ0v) is 15.6. The van der Waals surface area contributed by atoms with Gasteiger partial charge >= 0.3 is 5.97 Å². The van der Waals surface area contributed by atoms with Crippen LogP contribution in [0.4, 0.5) is 0 Å². The van der Waals surface area contributed by atoms with Crippen molar-refractivity contribution in [1.82, 2.24) is 4.98 Å². The highest BCUT2D eigenvalue weighted by Gasteiger charge is 2.13. The number of rotatable bonds is 5. The fourth-order valence-electron chi connectivity index (χ4n) is 2.40. The first-order chi connectivity index (χ1) is 11.7. The van der Waals surface area contributed by atoms with Crippen LogP contribution in [-0.4, -0.2) is 17.6 Å².